The van der Waals surface area contributed by atoms with E-state index >= 15 is 0 Å². The van der Waals surface area contributed by atoms with Gasteiger partial charge in [0.25, 0.3) is 0 Å². The van der Waals surface area contributed by atoms with Crippen LogP contribution in [-0.4, -0.2) is 31.0 Å². The van der Waals surface area contributed by atoms with E-state index in [9.17, 15) is 13.2 Å². The van der Waals surface area contributed by atoms with Gasteiger partial charge in [0.05, 0.1) is 10.9 Å². The van der Waals surface area contributed by atoms with Crippen LogP contribution in [0.3, 0.4) is 0 Å². The highest BCUT2D eigenvalue weighted by atomic mass is 79.9. The zero-order valence-electron chi connectivity index (χ0n) is 14.5. The number of nitrogens with zero attached hydrogens (tertiary/aromatic N) is 1. The SMILES string of the molecule is CC1=CC(=S(=O)=O)C(N(C(=O)OC(C)(C)C)c2cccc(Br)c2)C=C1. The van der Waals surface area contributed by atoms with Crippen molar-refractivity contribution in [2.24, 2.45) is 0 Å². The summed E-state index contributed by atoms with van der Waals surface area (Å²) in [6.07, 6.45) is 4.42. The summed E-state index contributed by atoms with van der Waals surface area (Å²) in [5, 5.41) is 0. The molecule has 0 fully saturated rings. The lowest BCUT2D eigenvalue weighted by molar-refractivity contribution is 0.0579. The Bertz CT molecular complexity index is 871. The summed E-state index contributed by atoms with van der Waals surface area (Å²) in [6, 6.07) is 6.31. The largest absolute Gasteiger partial charge is 0.443 e. The lowest BCUT2D eigenvalue weighted by Gasteiger charge is -2.33. The number of halogens is 1. The molecule has 2 rings (SSSR count). The van der Waals surface area contributed by atoms with Crippen LogP contribution in [-0.2, 0) is 15.0 Å². The van der Waals surface area contributed by atoms with Gasteiger partial charge in [-0.15, -0.1) is 0 Å². The summed E-state index contributed by atoms with van der Waals surface area (Å²) >= 11 is 3.38. The topological polar surface area (TPSA) is 63.7 Å². The molecule has 0 bridgehead atoms. The molecule has 0 N–H and O–H groups in total. The van der Waals surface area contributed by atoms with E-state index in [1.807, 2.05) is 6.07 Å². The monoisotopic (exact) mass is 425 g/mol. The molecule has 1 aromatic carbocycles. The third-order valence-electron chi connectivity index (χ3n) is 3.35. The van der Waals surface area contributed by atoms with Crippen molar-refractivity contribution in [3.05, 3.63) is 52.5 Å². The normalized spacial score (nSPS) is 17.1. The number of hydrogen-bond acceptors (Lipinski definition) is 4. The second kappa shape index (κ2) is 7.58. The van der Waals surface area contributed by atoms with E-state index < -0.39 is 28.0 Å². The molecular formula is C18H20BrNO4S. The number of amides is 1. The summed E-state index contributed by atoms with van der Waals surface area (Å²) in [4.78, 5) is 14.3. The van der Waals surface area contributed by atoms with E-state index in [0.29, 0.717) is 5.69 Å². The average molecular weight is 426 g/mol. The van der Waals surface area contributed by atoms with Gasteiger partial charge in [-0.05, 0) is 57.5 Å². The Balaban J connectivity index is 2.57. The number of allylic oxidation sites excluding steroid dienone is 2. The van der Waals surface area contributed by atoms with Crippen LogP contribution in [0.5, 0.6) is 0 Å². The molecule has 0 radical (unpaired) electrons. The maximum Gasteiger partial charge on any atom is 0.415 e. The molecule has 7 heteroatoms. The number of ether oxygens (including phenoxy) is 1. The minimum Gasteiger partial charge on any atom is -0.443 e. The highest BCUT2D eigenvalue weighted by molar-refractivity contribution is 9.10. The number of carbonyl (C=O) groups is 1. The van der Waals surface area contributed by atoms with E-state index in [0.717, 1.165) is 10.0 Å². The minimum absolute atomic E-state index is 0.117. The Morgan fingerprint density at radius 1 is 1.28 bits per heavy atom. The summed E-state index contributed by atoms with van der Waals surface area (Å²) in [7, 11) is -2.46. The van der Waals surface area contributed by atoms with E-state index in [1.165, 1.54) is 4.90 Å². The highest BCUT2D eigenvalue weighted by Gasteiger charge is 2.32. The van der Waals surface area contributed by atoms with Crippen LogP contribution in [0.2, 0.25) is 0 Å². The first-order valence-electron chi connectivity index (χ1n) is 7.69. The highest BCUT2D eigenvalue weighted by Crippen LogP contribution is 2.27. The van der Waals surface area contributed by atoms with Gasteiger partial charge in [0.1, 0.15) is 5.60 Å². The predicted molar refractivity (Wildman–Crippen MR) is 103 cm³/mol. The van der Waals surface area contributed by atoms with Crippen LogP contribution in [0.4, 0.5) is 10.5 Å². The minimum atomic E-state index is -2.46. The van der Waals surface area contributed by atoms with Gasteiger partial charge >= 0.3 is 6.09 Å². The van der Waals surface area contributed by atoms with Crippen LogP contribution in [0.15, 0.2) is 52.5 Å². The maximum atomic E-state index is 12.8. The van der Waals surface area contributed by atoms with Crippen molar-refractivity contribution in [2.45, 2.75) is 39.3 Å². The van der Waals surface area contributed by atoms with E-state index in [2.05, 4.69) is 15.9 Å². The molecule has 5 nitrogen and oxygen atoms in total. The zero-order valence-corrected chi connectivity index (χ0v) is 16.9. The number of rotatable bonds is 2. The van der Waals surface area contributed by atoms with Crippen LogP contribution < -0.4 is 4.90 Å². The van der Waals surface area contributed by atoms with Gasteiger partial charge in [-0.3, -0.25) is 4.90 Å². The third-order valence-corrected chi connectivity index (χ3v) is 4.59. The molecule has 0 saturated heterocycles. The van der Waals surface area contributed by atoms with Crippen molar-refractivity contribution in [1.82, 2.24) is 0 Å². The van der Waals surface area contributed by atoms with Gasteiger partial charge in [0.15, 0.2) is 0 Å². The molecule has 1 aliphatic rings. The van der Waals surface area contributed by atoms with Crippen molar-refractivity contribution in [3.63, 3.8) is 0 Å². The van der Waals surface area contributed by atoms with Crippen LogP contribution in [0, 0.1) is 0 Å². The van der Waals surface area contributed by atoms with Gasteiger partial charge in [-0.25, -0.2) is 4.79 Å². The predicted octanol–water partition coefficient (Wildman–Crippen LogP) is 4.13. The van der Waals surface area contributed by atoms with Crippen molar-refractivity contribution in [3.8, 4) is 0 Å². The first-order valence-corrected chi connectivity index (χ1v) is 9.55. The van der Waals surface area contributed by atoms with Gasteiger partial charge in [-0.2, -0.15) is 8.42 Å². The van der Waals surface area contributed by atoms with Crippen LogP contribution >= 0.6 is 15.9 Å². The molecule has 25 heavy (non-hydrogen) atoms. The molecule has 1 atom stereocenters. The average Bonchev–Trinajstić information content (AvgIpc) is 2.47. The zero-order chi connectivity index (χ0) is 18.8. The summed E-state index contributed by atoms with van der Waals surface area (Å²) in [5.41, 5.74) is 0.630. The molecule has 0 aromatic heterocycles. The number of hydrogen-bond donors (Lipinski definition) is 0. The van der Waals surface area contributed by atoms with E-state index in [-0.39, 0.29) is 4.86 Å². The van der Waals surface area contributed by atoms with Crippen molar-refractivity contribution in [2.75, 3.05) is 4.90 Å². The lowest BCUT2D eigenvalue weighted by atomic mass is 10.0. The Morgan fingerprint density at radius 2 is 1.96 bits per heavy atom. The third kappa shape index (κ3) is 5.06. The Morgan fingerprint density at radius 3 is 2.52 bits per heavy atom. The second-order valence-corrected chi connectivity index (χ2v) is 8.52. The molecule has 1 aromatic rings. The van der Waals surface area contributed by atoms with Gasteiger partial charge in [0.2, 0.25) is 10.3 Å². The van der Waals surface area contributed by atoms with Crippen LogP contribution in [0.1, 0.15) is 27.7 Å². The fourth-order valence-electron chi connectivity index (χ4n) is 2.37. The summed E-state index contributed by atoms with van der Waals surface area (Å²) in [5.74, 6) is 0. The van der Waals surface area contributed by atoms with Crippen molar-refractivity contribution >= 4 is 42.9 Å². The molecule has 0 heterocycles. The fourth-order valence-corrected chi connectivity index (χ4v) is 3.42. The Labute approximate surface area is 157 Å². The number of carbonyl (C=O) groups excluding carboxylic acids is 1. The van der Waals surface area contributed by atoms with Crippen molar-refractivity contribution in [1.29, 1.82) is 0 Å². The van der Waals surface area contributed by atoms with Crippen LogP contribution in [0.25, 0.3) is 0 Å². The fraction of sp³-hybridized carbons (Fsp3) is 0.333. The first kappa shape index (κ1) is 19.5. The molecule has 134 valence electrons. The first-order chi connectivity index (χ1) is 11.6. The molecular weight excluding hydrogens is 406 g/mol. The second-order valence-electron chi connectivity index (χ2n) is 6.66. The summed E-state index contributed by atoms with van der Waals surface area (Å²) < 4.78 is 29.7. The van der Waals surface area contributed by atoms with E-state index in [4.69, 9.17) is 4.74 Å². The van der Waals surface area contributed by atoms with Crippen molar-refractivity contribution < 1.29 is 17.9 Å². The van der Waals surface area contributed by atoms with Gasteiger partial charge in [0, 0.05) is 10.2 Å². The number of benzene rings is 1. The maximum absolute atomic E-state index is 12.8. The Kier molecular flexibility index (Phi) is 5.90. The Hall–Kier alpha value is -1.86. The quantitative estimate of drug-likeness (QED) is 0.668. The van der Waals surface area contributed by atoms with E-state index in [1.54, 1.807) is 64.1 Å². The summed E-state index contributed by atoms with van der Waals surface area (Å²) in [6.45, 7) is 7.10. The lowest BCUT2D eigenvalue weighted by Crippen LogP contribution is -2.47. The molecule has 1 unspecified atom stereocenters. The molecule has 1 amide bonds. The molecule has 0 spiro atoms. The van der Waals surface area contributed by atoms with Gasteiger partial charge < -0.3 is 4.74 Å². The molecule has 0 aliphatic heterocycles. The molecule has 1 aliphatic carbocycles. The van der Waals surface area contributed by atoms with Gasteiger partial charge in [-0.1, -0.05) is 34.1 Å². The smallest absolute Gasteiger partial charge is 0.415 e. The number of anilines is 1. The standard InChI is InChI=1S/C18H20BrNO4S/c1-12-8-9-15(16(10-12)25(22)23)20(17(21)24-18(2,3)4)14-7-5-6-13(19)11-14/h5-11,15H,1-4H3. The molecule has 0 saturated carbocycles.